The maximum Gasteiger partial charge on any atom is 0.326 e. The number of nitrogens with one attached hydrogen (secondary N) is 3. The molecule has 0 aliphatic carbocycles. The van der Waals surface area contributed by atoms with Crippen molar-refractivity contribution in [3.63, 3.8) is 0 Å². The van der Waals surface area contributed by atoms with Crippen molar-refractivity contribution in [3.8, 4) is 0 Å². The van der Waals surface area contributed by atoms with Gasteiger partial charge in [0.2, 0.25) is 17.7 Å². The normalized spacial score (nSPS) is 14.1. The molecule has 12 nitrogen and oxygen atoms in total. The highest BCUT2D eigenvalue weighted by molar-refractivity contribution is 5.94. The van der Waals surface area contributed by atoms with Crippen molar-refractivity contribution >= 4 is 29.7 Å². The van der Waals surface area contributed by atoms with Gasteiger partial charge < -0.3 is 37.6 Å². The fourth-order valence-electron chi connectivity index (χ4n) is 3.75. The molecule has 4 unspecified atom stereocenters. The minimum Gasteiger partial charge on any atom is -0.481 e. The molecule has 212 valence electrons. The van der Waals surface area contributed by atoms with Crippen molar-refractivity contribution in [2.75, 3.05) is 6.54 Å². The van der Waals surface area contributed by atoms with Crippen molar-refractivity contribution in [3.05, 3.63) is 35.9 Å². The SMILES string of the molecule is CC(C)CC(NC(=O)C(Cc1ccccc1)NC(=O)C(CCC(=O)O)NC(=O)C(N)CCCCN)C(=O)O. The molecule has 0 aliphatic heterocycles. The molecule has 1 aromatic rings. The summed E-state index contributed by atoms with van der Waals surface area (Å²) in [5, 5.41) is 26.2. The lowest BCUT2D eigenvalue weighted by atomic mass is 10.0. The van der Waals surface area contributed by atoms with Gasteiger partial charge in [0.25, 0.3) is 0 Å². The van der Waals surface area contributed by atoms with Crippen LogP contribution < -0.4 is 27.4 Å². The molecule has 0 radical (unpaired) electrons. The minimum absolute atomic E-state index is 0.0109. The Morgan fingerprint density at radius 1 is 0.816 bits per heavy atom. The van der Waals surface area contributed by atoms with Gasteiger partial charge in [0.05, 0.1) is 6.04 Å². The van der Waals surface area contributed by atoms with Crippen molar-refractivity contribution < 1.29 is 34.2 Å². The Labute approximate surface area is 222 Å². The number of unbranched alkanes of at least 4 members (excludes halogenated alkanes) is 1. The van der Waals surface area contributed by atoms with Gasteiger partial charge in [-0.1, -0.05) is 50.6 Å². The number of rotatable bonds is 18. The van der Waals surface area contributed by atoms with Gasteiger partial charge in [-0.3, -0.25) is 19.2 Å². The van der Waals surface area contributed by atoms with E-state index in [4.69, 9.17) is 16.6 Å². The predicted molar refractivity (Wildman–Crippen MR) is 141 cm³/mol. The smallest absolute Gasteiger partial charge is 0.326 e. The van der Waals surface area contributed by atoms with E-state index in [1.165, 1.54) is 0 Å². The Morgan fingerprint density at radius 3 is 1.95 bits per heavy atom. The Hall–Kier alpha value is -3.51. The quantitative estimate of drug-likeness (QED) is 0.127. The van der Waals surface area contributed by atoms with Gasteiger partial charge in [-0.25, -0.2) is 4.79 Å². The lowest BCUT2D eigenvalue weighted by Crippen LogP contribution is -2.57. The molecule has 0 fully saturated rings. The highest BCUT2D eigenvalue weighted by Gasteiger charge is 2.31. The van der Waals surface area contributed by atoms with Crippen molar-refractivity contribution in [2.24, 2.45) is 17.4 Å². The molecule has 0 saturated carbocycles. The molecule has 0 heterocycles. The van der Waals surface area contributed by atoms with E-state index < -0.39 is 60.2 Å². The summed E-state index contributed by atoms with van der Waals surface area (Å²) in [7, 11) is 0. The molecule has 0 bridgehead atoms. The van der Waals surface area contributed by atoms with Gasteiger partial charge in [0.1, 0.15) is 18.1 Å². The zero-order valence-corrected chi connectivity index (χ0v) is 22.0. The number of nitrogens with two attached hydrogens (primary N) is 2. The van der Waals surface area contributed by atoms with Gasteiger partial charge in [-0.15, -0.1) is 0 Å². The lowest BCUT2D eigenvalue weighted by molar-refractivity contribution is -0.142. The second kappa shape index (κ2) is 17.1. The third kappa shape index (κ3) is 12.6. The first-order valence-electron chi connectivity index (χ1n) is 12.8. The van der Waals surface area contributed by atoms with Gasteiger partial charge in [0.15, 0.2) is 0 Å². The number of aliphatic carboxylic acids is 2. The molecule has 0 aliphatic rings. The molecule has 0 spiro atoms. The van der Waals surface area contributed by atoms with Crippen LogP contribution in [-0.4, -0.2) is 70.6 Å². The van der Waals surface area contributed by atoms with E-state index in [-0.39, 0.29) is 25.2 Å². The summed E-state index contributed by atoms with van der Waals surface area (Å²) in [6, 6.07) is 4.27. The van der Waals surface area contributed by atoms with Crippen LogP contribution in [0, 0.1) is 5.92 Å². The number of carboxylic acid groups (broad SMARTS) is 2. The number of carbonyl (C=O) groups is 5. The molecule has 0 aromatic heterocycles. The first-order valence-corrected chi connectivity index (χ1v) is 12.8. The molecule has 4 atom stereocenters. The molecule has 12 heteroatoms. The van der Waals surface area contributed by atoms with Crippen LogP contribution >= 0.6 is 0 Å². The van der Waals surface area contributed by atoms with E-state index in [2.05, 4.69) is 16.0 Å². The van der Waals surface area contributed by atoms with Gasteiger partial charge in [-0.2, -0.15) is 0 Å². The van der Waals surface area contributed by atoms with Crippen LogP contribution in [0.2, 0.25) is 0 Å². The standard InChI is InChI=1S/C26H41N5O7/c1-16(2)14-21(26(37)38)31-25(36)20(15-17-8-4-3-5-9-17)30-24(35)19(11-12-22(32)33)29-23(34)18(28)10-6-7-13-27/h3-5,8-9,16,18-21H,6-7,10-15,27-28H2,1-2H3,(H,29,34)(H,30,35)(H,31,36)(H,32,33)(H,37,38). The van der Waals surface area contributed by atoms with Crippen LogP contribution in [0.15, 0.2) is 30.3 Å². The highest BCUT2D eigenvalue weighted by atomic mass is 16.4. The second-order valence-corrected chi connectivity index (χ2v) is 9.66. The summed E-state index contributed by atoms with van der Waals surface area (Å²) in [5.41, 5.74) is 12.1. The van der Waals surface area contributed by atoms with Crippen LogP contribution in [0.1, 0.15) is 57.9 Å². The summed E-state index contributed by atoms with van der Waals surface area (Å²) < 4.78 is 0. The molecule has 3 amide bonds. The highest BCUT2D eigenvalue weighted by Crippen LogP contribution is 2.09. The van der Waals surface area contributed by atoms with Crippen molar-refractivity contribution in [1.82, 2.24) is 16.0 Å². The molecular formula is C26H41N5O7. The van der Waals surface area contributed by atoms with E-state index >= 15 is 0 Å². The van der Waals surface area contributed by atoms with Gasteiger partial charge >= 0.3 is 11.9 Å². The molecule has 0 saturated heterocycles. The summed E-state index contributed by atoms with van der Waals surface area (Å²) >= 11 is 0. The van der Waals surface area contributed by atoms with Gasteiger partial charge in [-0.05, 0) is 43.7 Å². The Morgan fingerprint density at radius 2 is 1.39 bits per heavy atom. The van der Waals surface area contributed by atoms with Crippen LogP contribution in [0.4, 0.5) is 0 Å². The zero-order valence-electron chi connectivity index (χ0n) is 22.0. The first-order chi connectivity index (χ1) is 17.9. The number of hydrogen-bond donors (Lipinski definition) is 7. The van der Waals surface area contributed by atoms with E-state index in [1.54, 1.807) is 30.3 Å². The van der Waals surface area contributed by atoms with Crippen molar-refractivity contribution in [2.45, 2.75) is 83.0 Å². The summed E-state index contributed by atoms with van der Waals surface area (Å²) in [6.45, 7) is 4.09. The Bertz CT molecular complexity index is 926. The average molecular weight is 536 g/mol. The van der Waals surface area contributed by atoms with E-state index in [9.17, 15) is 29.1 Å². The van der Waals surface area contributed by atoms with E-state index in [0.717, 1.165) is 0 Å². The number of benzene rings is 1. The van der Waals surface area contributed by atoms with Crippen LogP contribution in [0.3, 0.4) is 0 Å². The summed E-state index contributed by atoms with van der Waals surface area (Å²) in [4.78, 5) is 61.8. The van der Waals surface area contributed by atoms with E-state index in [1.807, 2.05) is 13.8 Å². The largest absolute Gasteiger partial charge is 0.481 e. The number of carbonyl (C=O) groups excluding carboxylic acids is 3. The second-order valence-electron chi connectivity index (χ2n) is 9.66. The average Bonchev–Trinajstić information content (AvgIpc) is 2.85. The van der Waals surface area contributed by atoms with Crippen LogP contribution in [0.5, 0.6) is 0 Å². The third-order valence-electron chi connectivity index (χ3n) is 5.82. The topological polar surface area (TPSA) is 214 Å². The monoisotopic (exact) mass is 535 g/mol. The van der Waals surface area contributed by atoms with Crippen LogP contribution in [-0.2, 0) is 30.4 Å². The molecule has 38 heavy (non-hydrogen) atoms. The maximum absolute atomic E-state index is 13.2. The Balaban J connectivity index is 3.10. The third-order valence-corrected chi connectivity index (χ3v) is 5.82. The zero-order chi connectivity index (χ0) is 28.7. The summed E-state index contributed by atoms with van der Waals surface area (Å²) in [6.07, 6.45) is 1.21. The van der Waals surface area contributed by atoms with Gasteiger partial charge in [0, 0.05) is 12.8 Å². The van der Waals surface area contributed by atoms with Crippen LogP contribution in [0.25, 0.3) is 0 Å². The molecule has 9 N–H and O–H groups in total. The van der Waals surface area contributed by atoms with Crippen molar-refractivity contribution in [1.29, 1.82) is 0 Å². The number of amides is 3. The van der Waals surface area contributed by atoms with E-state index in [0.29, 0.717) is 31.4 Å². The molecule has 1 rings (SSSR count). The Kier molecular flexibility index (Phi) is 14.6. The number of carboxylic acids is 2. The fraction of sp³-hybridized carbons (Fsp3) is 0.577. The molecule has 1 aromatic carbocycles. The first kappa shape index (κ1) is 32.5. The fourth-order valence-corrected chi connectivity index (χ4v) is 3.75. The minimum atomic E-state index is -1.27. The summed E-state index contributed by atoms with van der Waals surface area (Å²) in [5.74, 6) is -4.49. The number of hydrogen-bond acceptors (Lipinski definition) is 7. The predicted octanol–water partition coefficient (Wildman–Crippen LogP) is 0.135. The lowest BCUT2D eigenvalue weighted by Gasteiger charge is -2.25. The molecular weight excluding hydrogens is 494 g/mol. The maximum atomic E-state index is 13.2.